The van der Waals surface area contributed by atoms with Gasteiger partial charge < -0.3 is 5.11 Å². The first-order chi connectivity index (χ1) is 8.95. The van der Waals surface area contributed by atoms with Gasteiger partial charge >= 0.3 is 12.1 Å². The molecule has 0 aliphatic carbocycles. The molecule has 0 saturated heterocycles. The van der Waals surface area contributed by atoms with Crippen molar-refractivity contribution < 1.29 is 28.0 Å². The lowest BCUT2D eigenvalue weighted by molar-refractivity contribution is -0.385. The molecule has 0 radical (unpaired) electrons. The van der Waals surface area contributed by atoms with Gasteiger partial charge in [-0.15, -0.1) is 0 Å². The van der Waals surface area contributed by atoms with E-state index in [1.54, 1.807) is 0 Å². The summed E-state index contributed by atoms with van der Waals surface area (Å²) in [5.41, 5.74) is -3.55. The van der Waals surface area contributed by atoms with Crippen molar-refractivity contribution in [3.05, 3.63) is 39.4 Å². The van der Waals surface area contributed by atoms with Gasteiger partial charge in [-0.25, -0.2) is 0 Å². The third-order valence-electron chi connectivity index (χ3n) is 2.82. The highest BCUT2D eigenvalue weighted by Crippen LogP contribution is 2.37. The molecule has 0 unspecified atom stereocenters. The molecule has 0 spiro atoms. The lowest BCUT2D eigenvalue weighted by atomic mass is 9.84. The van der Waals surface area contributed by atoms with Crippen molar-refractivity contribution in [2.45, 2.75) is 26.4 Å². The van der Waals surface area contributed by atoms with Crippen molar-refractivity contribution >= 4 is 11.7 Å². The van der Waals surface area contributed by atoms with Gasteiger partial charge in [-0.3, -0.25) is 14.9 Å². The van der Waals surface area contributed by atoms with Crippen LogP contribution in [0.5, 0.6) is 0 Å². The SMILES string of the molecule is CC(C)(Cc1ccc([N+](=O)[O-])cc1C(F)(F)F)C(=O)O. The van der Waals surface area contributed by atoms with Crippen molar-refractivity contribution in [1.29, 1.82) is 0 Å². The molecular weight excluding hydrogens is 279 g/mol. The summed E-state index contributed by atoms with van der Waals surface area (Å²) in [5, 5.41) is 19.5. The number of benzene rings is 1. The largest absolute Gasteiger partial charge is 0.481 e. The van der Waals surface area contributed by atoms with Crippen LogP contribution >= 0.6 is 0 Å². The zero-order chi connectivity index (χ0) is 15.7. The van der Waals surface area contributed by atoms with E-state index in [2.05, 4.69) is 0 Å². The predicted octanol–water partition coefficient (Wildman–Crippen LogP) is 3.27. The number of alkyl halides is 3. The first kappa shape index (κ1) is 15.9. The highest BCUT2D eigenvalue weighted by molar-refractivity contribution is 5.74. The molecule has 5 nitrogen and oxygen atoms in total. The average molecular weight is 291 g/mol. The molecule has 0 heterocycles. The molecule has 1 aromatic rings. The number of carbonyl (C=O) groups is 1. The minimum atomic E-state index is -4.78. The summed E-state index contributed by atoms with van der Waals surface area (Å²) in [4.78, 5) is 20.6. The van der Waals surface area contributed by atoms with Gasteiger partial charge in [0, 0.05) is 12.1 Å². The molecule has 0 amide bonds. The lowest BCUT2D eigenvalue weighted by Crippen LogP contribution is -2.27. The second kappa shape index (κ2) is 5.10. The van der Waals surface area contributed by atoms with Crippen LogP contribution in [0.2, 0.25) is 0 Å². The monoisotopic (exact) mass is 291 g/mol. The maximum Gasteiger partial charge on any atom is 0.416 e. The van der Waals surface area contributed by atoms with Crippen LogP contribution in [-0.4, -0.2) is 16.0 Å². The maximum absolute atomic E-state index is 12.9. The second-order valence-corrected chi connectivity index (χ2v) is 4.96. The summed E-state index contributed by atoms with van der Waals surface area (Å²) in [6, 6.07) is 2.31. The number of halogens is 3. The van der Waals surface area contributed by atoms with Gasteiger partial charge in [0.05, 0.1) is 15.9 Å². The van der Waals surface area contributed by atoms with Crippen molar-refractivity contribution in [2.75, 3.05) is 0 Å². The second-order valence-electron chi connectivity index (χ2n) is 4.96. The van der Waals surface area contributed by atoms with Gasteiger partial charge in [0.25, 0.3) is 5.69 Å². The molecule has 0 fully saturated rings. The van der Waals surface area contributed by atoms with E-state index < -0.39 is 33.7 Å². The molecule has 0 aliphatic heterocycles. The number of non-ortho nitro benzene ring substituents is 1. The van der Waals surface area contributed by atoms with E-state index in [1.165, 1.54) is 13.8 Å². The van der Waals surface area contributed by atoms with Crippen LogP contribution in [0, 0.1) is 15.5 Å². The minimum absolute atomic E-state index is 0.282. The maximum atomic E-state index is 12.9. The third-order valence-corrected chi connectivity index (χ3v) is 2.82. The Hall–Kier alpha value is -2.12. The Labute approximate surface area is 112 Å². The van der Waals surface area contributed by atoms with Crippen LogP contribution in [-0.2, 0) is 17.4 Å². The molecule has 0 atom stereocenters. The summed E-state index contributed by atoms with van der Waals surface area (Å²) in [7, 11) is 0. The predicted molar refractivity (Wildman–Crippen MR) is 63.2 cm³/mol. The average Bonchev–Trinajstić information content (AvgIpc) is 2.26. The molecule has 1 rings (SSSR count). The number of aliphatic carboxylic acids is 1. The summed E-state index contributed by atoms with van der Waals surface area (Å²) < 4.78 is 38.7. The Morgan fingerprint density at radius 2 is 1.90 bits per heavy atom. The number of nitro groups is 1. The zero-order valence-electron chi connectivity index (χ0n) is 10.7. The number of nitro benzene ring substituents is 1. The third kappa shape index (κ3) is 3.46. The Morgan fingerprint density at radius 1 is 1.35 bits per heavy atom. The Morgan fingerprint density at radius 3 is 2.30 bits per heavy atom. The summed E-state index contributed by atoms with van der Waals surface area (Å²) >= 11 is 0. The number of carboxylic acid groups (broad SMARTS) is 1. The van der Waals surface area contributed by atoms with Crippen molar-refractivity contribution in [3.63, 3.8) is 0 Å². The Balaban J connectivity index is 3.33. The van der Waals surface area contributed by atoms with Crippen LogP contribution in [0.15, 0.2) is 18.2 Å². The minimum Gasteiger partial charge on any atom is -0.481 e. The van der Waals surface area contributed by atoms with E-state index in [1.807, 2.05) is 0 Å². The first-order valence-corrected chi connectivity index (χ1v) is 5.53. The summed E-state index contributed by atoms with van der Waals surface area (Å²) in [6.07, 6.45) is -5.16. The van der Waals surface area contributed by atoms with Crippen LogP contribution < -0.4 is 0 Å². The summed E-state index contributed by atoms with van der Waals surface area (Å²) in [6.45, 7) is 2.58. The van der Waals surface area contributed by atoms with Crippen LogP contribution in [0.3, 0.4) is 0 Å². The molecule has 1 N–H and O–H groups in total. The van der Waals surface area contributed by atoms with Crippen LogP contribution in [0.25, 0.3) is 0 Å². The molecular formula is C12H12F3NO4. The normalized spacial score (nSPS) is 12.2. The van der Waals surface area contributed by atoms with E-state index in [4.69, 9.17) is 5.11 Å². The van der Waals surface area contributed by atoms with E-state index in [0.717, 1.165) is 12.1 Å². The number of nitrogens with zero attached hydrogens (tertiary/aromatic N) is 1. The fourth-order valence-corrected chi connectivity index (χ4v) is 1.65. The van der Waals surface area contributed by atoms with Gasteiger partial charge in [0.1, 0.15) is 0 Å². The highest BCUT2D eigenvalue weighted by atomic mass is 19.4. The van der Waals surface area contributed by atoms with E-state index in [9.17, 15) is 28.1 Å². The lowest BCUT2D eigenvalue weighted by Gasteiger charge is -2.21. The quantitative estimate of drug-likeness (QED) is 0.682. The molecule has 0 bridgehead atoms. The molecule has 20 heavy (non-hydrogen) atoms. The van der Waals surface area contributed by atoms with Crippen molar-refractivity contribution in [3.8, 4) is 0 Å². The fraction of sp³-hybridized carbons (Fsp3) is 0.417. The number of hydrogen-bond acceptors (Lipinski definition) is 3. The number of carboxylic acids is 1. The van der Waals surface area contributed by atoms with Crippen molar-refractivity contribution in [2.24, 2.45) is 5.41 Å². The van der Waals surface area contributed by atoms with E-state index in [0.29, 0.717) is 6.07 Å². The molecule has 0 aliphatic rings. The highest BCUT2D eigenvalue weighted by Gasteiger charge is 2.37. The number of hydrogen-bond donors (Lipinski definition) is 1. The van der Waals surface area contributed by atoms with Gasteiger partial charge in [-0.2, -0.15) is 13.2 Å². The van der Waals surface area contributed by atoms with Crippen LogP contribution in [0.1, 0.15) is 25.0 Å². The molecule has 0 aromatic heterocycles. The Kier molecular flexibility index (Phi) is 4.07. The topological polar surface area (TPSA) is 80.4 Å². The van der Waals surface area contributed by atoms with Crippen LogP contribution in [0.4, 0.5) is 18.9 Å². The zero-order valence-corrected chi connectivity index (χ0v) is 10.7. The van der Waals surface area contributed by atoms with Crippen molar-refractivity contribution in [1.82, 2.24) is 0 Å². The number of rotatable bonds is 4. The first-order valence-electron chi connectivity index (χ1n) is 5.53. The van der Waals surface area contributed by atoms with E-state index >= 15 is 0 Å². The molecule has 8 heteroatoms. The molecule has 0 saturated carbocycles. The van der Waals surface area contributed by atoms with Gasteiger partial charge in [-0.05, 0) is 25.8 Å². The van der Waals surface area contributed by atoms with Gasteiger partial charge in [0.2, 0.25) is 0 Å². The smallest absolute Gasteiger partial charge is 0.416 e. The van der Waals surface area contributed by atoms with E-state index in [-0.39, 0.29) is 12.0 Å². The fourth-order valence-electron chi connectivity index (χ4n) is 1.65. The Bertz CT molecular complexity index is 552. The van der Waals surface area contributed by atoms with Gasteiger partial charge in [-0.1, -0.05) is 6.07 Å². The summed E-state index contributed by atoms with van der Waals surface area (Å²) in [5.74, 6) is -1.25. The molecule has 1 aromatic carbocycles. The standard InChI is InChI=1S/C12H12F3NO4/c1-11(2,10(17)18)6-7-3-4-8(16(19)20)5-9(7)12(13,14)15/h3-5H,6H2,1-2H3,(H,17,18). The molecule has 110 valence electrons. The van der Waals surface area contributed by atoms with Gasteiger partial charge in [0.15, 0.2) is 0 Å².